The van der Waals surface area contributed by atoms with Crippen molar-refractivity contribution in [2.45, 2.75) is 25.6 Å². The molecule has 162 valence electrons. The van der Waals surface area contributed by atoms with E-state index in [1.165, 1.54) is 11.8 Å². The average Bonchev–Trinajstić information content (AvgIpc) is 3.22. The van der Waals surface area contributed by atoms with Gasteiger partial charge in [-0.25, -0.2) is 0 Å². The molecule has 7 heteroatoms. The monoisotopic (exact) mass is 444 g/mol. The highest BCUT2D eigenvalue weighted by atomic mass is 32.2. The van der Waals surface area contributed by atoms with Crippen molar-refractivity contribution in [1.29, 1.82) is 0 Å². The molecule has 4 aromatic rings. The minimum Gasteiger partial charge on any atom is -0.486 e. The maximum atomic E-state index is 12.5. The molecule has 1 N–H and O–H groups in total. The van der Waals surface area contributed by atoms with E-state index in [0.29, 0.717) is 11.0 Å². The van der Waals surface area contributed by atoms with Gasteiger partial charge in [-0.05, 0) is 50.2 Å². The summed E-state index contributed by atoms with van der Waals surface area (Å²) in [6.07, 6.45) is 0. The fraction of sp³-hybridized carbons (Fsp3) is 0.160. The number of hydrogen-bond donors (Lipinski definition) is 1. The Bertz CT molecular complexity index is 1170. The van der Waals surface area contributed by atoms with Crippen LogP contribution in [0.3, 0.4) is 0 Å². The number of anilines is 1. The van der Waals surface area contributed by atoms with Crippen molar-refractivity contribution >= 4 is 23.4 Å². The number of ether oxygens (including phenoxy) is 1. The predicted octanol–water partition coefficient (Wildman–Crippen LogP) is 5.19. The van der Waals surface area contributed by atoms with Crippen LogP contribution in [-0.4, -0.2) is 26.4 Å². The van der Waals surface area contributed by atoms with Crippen molar-refractivity contribution in [1.82, 2.24) is 14.8 Å². The second-order valence-corrected chi connectivity index (χ2v) is 8.32. The largest absolute Gasteiger partial charge is 0.486 e. The van der Waals surface area contributed by atoms with Gasteiger partial charge in [-0.3, -0.25) is 9.36 Å². The van der Waals surface area contributed by atoms with Gasteiger partial charge >= 0.3 is 0 Å². The molecule has 0 saturated heterocycles. The number of carbonyl (C=O) groups is 1. The quantitative estimate of drug-likeness (QED) is 0.379. The summed E-state index contributed by atoms with van der Waals surface area (Å²) in [5, 5.41) is 12.2. The number of amides is 1. The molecule has 0 aliphatic heterocycles. The lowest BCUT2D eigenvalue weighted by Gasteiger charge is -2.11. The Morgan fingerprint density at radius 2 is 1.56 bits per heavy atom. The average molecular weight is 445 g/mol. The number of nitrogens with zero attached hydrogens (tertiary/aromatic N) is 3. The minimum absolute atomic E-state index is 0.0978. The van der Waals surface area contributed by atoms with E-state index in [1.54, 1.807) is 0 Å². The Morgan fingerprint density at radius 1 is 0.906 bits per heavy atom. The number of nitrogens with one attached hydrogen (secondary N) is 1. The van der Waals surface area contributed by atoms with E-state index in [0.717, 1.165) is 28.3 Å². The van der Waals surface area contributed by atoms with Crippen LogP contribution < -0.4 is 10.1 Å². The molecule has 1 amide bonds. The first-order chi connectivity index (χ1) is 15.6. The van der Waals surface area contributed by atoms with Gasteiger partial charge in [-0.2, -0.15) is 0 Å². The van der Waals surface area contributed by atoms with Gasteiger partial charge in [-0.1, -0.05) is 65.4 Å². The van der Waals surface area contributed by atoms with Gasteiger partial charge in [-0.15, -0.1) is 10.2 Å². The zero-order valence-corrected chi connectivity index (χ0v) is 18.8. The summed E-state index contributed by atoms with van der Waals surface area (Å²) in [6.45, 7) is 4.32. The molecule has 0 unspecified atom stereocenters. The molecule has 1 heterocycles. The van der Waals surface area contributed by atoms with Crippen molar-refractivity contribution < 1.29 is 9.53 Å². The third kappa shape index (κ3) is 5.56. The van der Waals surface area contributed by atoms with E-state index in [4.69, 9.17) is 4.74 Å². The van der Waals surface area contributed by atoms with Gasteiger partial charge in [0.15, 0.2) is 11.0 Å². The lowest BCUT2D eigenvalue weighted by atomic mass is 10.2. The minimum atomic E-state index is -0.0978. The van der Waals surface area contributed by atoms with Gasteiger partial charge in [0.25, 0.3) is 0 Å². The molecule has 0 radical (unpaired) electrons. The number of benzene rings is 3. The van der Waals surface area contributed by atoms with Crippen molar-refractivity contribution in [2.24, 2.45) is 0 Å². The number of thioether (sulfide) groups is 1. The molecule has 0 aliphatic rings. The first-order valence-corrected chi connectivity index (χ1v) is 11.3. The van der Waals surface area contributed by atoms with Crippen LogP contribution in [0.4, 0.5) is 5.69 Å². The van der Waals surface area contributed by atoms with Crippen LogP contribution in [0.15, 0.2) is 84.0 Å². The number of rotatable bonds is 8. The van der Waals surface area contributed by atoms with Crippen molar-refractivity contribution in [3.05, 3.63) is 95.8 Å². The number of para-hydroxylation sites is 1. The molecule has 4 rings (SSSR count). The van der Waals surface area contributed by atoms with Crippen LogP contribution in [0.1, 0.15) is 17.0 Å². The molecule has 3 aromatic carbocycles. The fourth-order valence-corrected chi connectivity index (χ4v) is 3.84. The summed E-state index contributed by atoms with van der Waals surface area (Å²) >= 11 is 1.34. The zero-order valence-electron chi connectivity index (χ0n) is 18.0. The van der Waals surface area contributed by atoms with Gasteiger partial charge in [0.1, 0.15) is 12.4 Å². The summed E-state index contributed by atoms with van der Waals surface area (Å²) in [6, 6.07) is 25.4. The Hall–Kier alpha value is -3.58. The molecule has 0 fully saturated rings. The second kappa shape index (κ2) is 10.2. The predicted molar refractivity (Wildman–Crippen MR) is 127 cm³/mol. The van der Waals surface area contributed by atoms with Gasteiger partial charge < -0.3 is 10.1 Å². The molecule has 0 saturated carbocycles. The normalized spacial score (nSPS) is 10.7. The molecule has 0 bridgehead atoms. The summed E-state index contributed by atoms with van der Waals surface area (Å²) in [7, 11) is 0. The molecular formula is C25H24N4O2S. The highest BCUT2D eigenvalue weighted by Gasteiger charge is 2.16. The molecule has 32 heavy (non-hydrogen) atoms. The lowest BCUT2D eigenvalue weighted by molar-refractivity contribution is -0.113. The lowest BCUT2D eigenvalue weighted by Crippen LogP contribution is -2.14. The first-order valence-electron chi connectivity index (χ1n) is 10.3. The summed E-state index contributed by atoms with van der Waals surface area (Å²) in [5.74, 6) is 1.55. The maximum absolute atomic E-state index is 12.5. The molecule has 6 nitrogen and oxygen atoms in total. The Morgan fingerprint density at radius 3 is 2.25 bits per heavy atom. The van der Waals surface area contributed by atoms with E-state index in [2.05, 4.69) is 15.5 Å². The molecule has 1 aromatic heterocycles. The SMILES string of the molecule is Cc1ccc(NC(=O)CSc2nnc(COc3ccccc3)n2-c2ccc(C)cc2)cc1. The number of carbonyl (C=O) groups excluding carboxylic acids is 1. The highest BCUT2D eigenvalue weighted by Crippen LogP contribution is 2.24. The number of aryl methyl sites for hydroxylation is 2. The van der Waals surface area contributed by atoms with Crippen LogP contribution in [0, 0.1) is 13.8 Å². The standard InChI is InChI=1S/C25H24N4O2S/c1-18-8-12-20(13-9-18)26-24(30)17-32-25-28-27-23(16-31-22-6-4-3-5-7-22)29(25)21-14-10-19(2)11-15-21/h3-15H,16-17H2,1-2H3,(H,26,30). The Labute approximate surface area is 191 Å². The van der Waals surface area contributed by atoms with Gasteiger partial charge in [0.05, 0.1) is 5.75 Å². The Kier molecular flexibility index (Phi) is 6.87. The maximum Gasteiger partial charge on any atom is 0.234 e. The molecular weight excluding hydrogens is 420 g/mol. The van der Waals surface area contributed by atoms with Crippen molar-refractivity contribution in [3.8, 4) is 11.4 Å². The van der Waals surface area contributed by atoms with Crippen LogP contribution in [-0.2, 0) is 11.4 Å². The highest BCUT2D eigenvalue weighted by molar-refractivity contribution is 7.99. The number of hydrogen-bond acceptors (Lipinski definition) is 5. The molecule has 0 aliphatic carbocycles. The van der Waals surface area contributed by atoms with Gasteiger partial charge in [0.2, 0.25) is 5.91 Å². The molecule has 0 atom stereocenters. The smallest absolute Gasteiger partial charge is 0.234 e. The third-order valence-corrected chi connectivity index (χ3v) is 5.70. The topological polar surface area (TPSA) is 69.0 Å². The van der Waals surface area contributed by atoms with Crippen LogP contribution in [0.25, 0.3) is 5.69 Å². The van der Waals surface area contributed by atoms with E-state index >= 15 is 0 Å². The summed E-state index contributed by atoms with van der Waals surface area (Å²) in [4.78, 5) is 12.5. The number of aromatic nitrogens is 3. The second-order valence-electron chi connectivity index (χ2n) is 7.37. The van der Waals surface area contributed by atoms with Gasteiger partial charge in [0, 0.05) is 11.4 Å². The van der Waals surface area contributed by atoms with Crippen molar-refractivity contribution in [3.63, 3.8) is 0 Å². The Balaban J connectivity index is 1.50. The van der Waals surface area contributed by atoms with Crippen LogP contribution >= 0.6 is 11.8 Å². The van der Waals surface area contributed by atoms with E-state index < -0.39 is 0 Å². The summed E-state index contributed by atoms with van der Waals surface area (Å²) < 4.78 is 7.83. The van der Waals surface area contributed by atoms with E-state index in [-0.39, 0.29) is 18.3 Å². The van der Waals surface area contributed by atoms with E-state index in [9.17, 15) is 4.79 Å². The zero-order chi connectivity index (χ0) is 22.3. The summed E-state index contributed by atoms with van der Waals surface area (Å²) in [5.41, 5.74) is 4.01. The van der Waals surface area contributed by atoms with E-state index in [1.807, 2.05) is 97.3 Å². The molecule has 0 spiro atoms. The van der Waals surface area contributed by atoms with Crippen LogP contribution in [0.2, 0.25) is 0 Å². The van der Waals surface area contributed by atoms with Crippen molar-refractivity contribution in [2.75, 3.05) is 11.1 Å². The fourth-order valence-electron chi connectivity index (χ4n) is 3.07. The third-order valence-electron chi connectivity index (χ3n) is 4.77. The first kappa shape index (κ1) is 21.6. The van der Waals surface area contributed by atoms with Crippen LogP contribution in [0.5, 0.6) is 5.75 Å².